The van der Waals surface area contributed by atoms with Crippen molar-refractivity contribution in [1.82, 2.24) is 0 Å². The van der Waals surface area contributed by atoms with Crippen LogP contribution in [-0.4, -0.2) is 22.8 Å². The molecule has 1 aromatic rings. The third-order valence-electron chi connectivity index (χ3n) is 3.62. The summed E-state index contributed by atoms with van der Waals surface area (Å²) in [6.45, 7) is -0.0548. The summed E-state index contributed by atoms with van der Waals surface area (Å²) in [6.07, 6.45) is 1.37. The molecule has 0 radical (unpaired) electrons. The lowest BCUT2D eigenvalue weighted by atomic mass is 9.92. The van der Waals surface area contributed by atoms with Gasteiger partial charge in [0.15, 0.2) is 0 Å². The van der Waals surface area contributed by atoms with Crippen LogP contribution in [0.2, 0.25) is 0 Å². The minimum absolute atomic E-state index is 0.0548. The van der Waals surface area contributed by atoms with E-state index in [1.807, 2.05) is 0 Å². The Balaban J connectivity index is 2.10. The summed E-state index contributed by atoms with van der Waals surface area (Å²) in [5.41, 5.74) is 0.354. The summed E-state index contributed by atoms with van der Waals surface area (Å²) < 4.78 is 13.1. The Labute approximate surface area is 98.9 Å². The van der Waals surface area contributed by atoms with E-state index in [9.17, 15) is 14.3 Å². The van der Waals surface area contributed by atoms with Crippen molar-refractivity contribution in [3.05, 3.63) is 35.6 Å². The number of hydrogen-bond acceptors (Lipinski definition) is 2. The number of carboxylic acids is 1. The Hall–Kier alpha value is -1.42. The van der Waals surface area contributed by atoms with E-state index in [0.29, 0.717) is 6.42 Å². The molecule has 1 aromatic carbocycles. The first kappa shape index (κ1) is 12.0. The van der Waals surface area contributed by atoms with Crippen molar-refractivity contribution in [3.8, 4) is 0 Å². The minimum atomic E-state index is -0.831. The van der Waals surface area contributed by atoms with Crippen molar-refractivity contribution >= 4 is 5.97 Å². The van der Waals surface area contributed by atoms with Crippen LogP contribution in [0.4, 0.5) is 4.39 Å². The first-order valence-corrected chi connectivity index (χ1v) is 5.67. The molecule has 1 aliphatic rings. The van der Waals surface area contributed by atoms with Gasteiger partial charge in [-0.25, -0.2) is 4.39 Å². The number of aliphatic hydroxyl groups excluding tert-OH is 1. The molecule has 0 bridgehead atoms. The normalized spacial score (nSPS) is 26.8. The summed E-state index contributed by atoms with van der Waals surface area (Å²) in [5.74, 6) is -1.01. The highest BCUT2D eigenvalue weighted by atomic mass is 19.1. The van der Waals surface area contributed by atoms with E-state index < -0.39 is 11.4 Å². The van der Waals surface area contributed by atoms with Crippen LogP contribution in [-0.2, 0) is 10.2 Å². The lowest BCUT2D eigenvalue weighted by Crippen LogP contribution is -2.16. The molecule has 92 valence electrons. The third-order valence-corrected chi connectivity index (χ3v) is 3.62. The van der Waals surface area contributed by atoms with Gasteiger partial charge in [-0.3, -0.25) is 4.79 Å². The lowest BCUT2D eigenvalue weighted by Gasteiger charge is -2.14. The second-order valence-electron chi connectivity index (χ2n) is 4.66. The number of hydrogen-bond donors (Lipinski definition) is 2. The van der Waals surface area contributed by atoms with E-state index in [2.05, 4.69) is 0 Å². The molecule has 0 saturated heterocycles. The number of benzene rings is 1. The van der Waals surface area contributed by atoms with Gasteiger partial charge < -0.3 is 10.2 Å². The van der Waals surface area contributed by atoms with Gasteiger partial charge in [-0.1, -0.05) is 12.1 Å². The topological polar surface area (TPSA) is 57.5 Å². The van der Waals surface area contributed by atoms with Gasteiger partial charge in [0.25, 0.3) is 0 Å². The first-order chi connectivity index (χ1) is 8.08. The molecule has 0 spiro atoms. The molecule has 2 rings (SSSR count). The van der Waals surface area contributed by atoms with Crippen LogP contribution < -0.4 is 0 Å². The second-order valence-corrected chi connectivity index (χ2v) is 4.66. The van der Waals surface area contributed by atoms with Crippen LogP contribution in [0.5, 0.6) is 0 Å². The molecule has 0 aromatic heterocycles. The number of halogens is 1. The molecule has 4 heteroatoms. The van der Waals surface area contributed by atoms with Gasteiger partial charge in [-0.15, -0.1) is 0 Å². The zero-order valence-electron chi connectivity index (χ0n) is 9.40. The van der Waals surface area contributed by atoms with Gasteiger partial charge in [0.05, 0.1) is 6.61 Å². The molecule has 1 saturated carbocycles. The molecule has 3 nitrogen and oxygen atoms in total. The largest absolute Gasteiger partial charge is 0.481 e. The fraction of sp³-hybridized carbons (Fsp3) is 0.462. The molecule has 2 N–H and O–H groups in total. The van der Waals surface area contributed by atoms with Crippen molar-refractivity contribution in [1.29, 1.82) is 0 Å². The Kier molecular flexibility index (Phi) is 3.15. The summed E-state index contributed by atoms with van der Waals surface area (Å²) >= 11 is 0. The zero-order chi connectivity index (χ0) is 12.5. The SMILES string of the molecule is O=C(O)CC[C@@H]1C[C@@]1(CO)c1cccc(F)c1. The van der Waals surface area contributed by atoms with Crippen LogP contribution in [0.3, 0.4) is 0 Å². The molecule has 0 amide bonds. The summed E-state index contributed by atoms with van der Waals surface area (Å²) in [5, 5.41) is 18.1. The smallest absolute Gasteiger partial charge is 0.303 e. The molecular weight excluding hydrogens is 223 g/mol. The van der Waals surface area contributed by atoms with E-state index >= 15 is 0 Å². The van der Waals surface area contributed by atoms with Gasteiger partial charge >= 0.3 is 5.97 Å². The van der Waals surface area contributed by atoms with Crippen molar-refractivity contribution in [2.45, 2.75) is 24.7 Å². The van der Waals surface area contributed by atoms with Crippen LogP contribution >= 0.6 is 0 Å². The predicted octanol–water partition coefficient (Wildman–Crippen LogP) is 1.94. The van der Waals surface area contributed by atoms with Crippen molar-refractivity contribution in [2.24, 2.45) is 5.92 Å². The van der Waals surface area contributed by atoms with Gasteiger partial charge in [0.2, 0.25) is 0 Å². The van der Waals surface area contributed by atoms with Gasteiger partial charge in [0.1, 0.15) is 5.82 Å². The number of aliphatic hydroxyl groups is 1. The van der Waals surface area contributed by atoms with Gasteiger partial charge in [0, 0.05) is 11.8 Å². The van der Waals surface area contributed by atoms with Crippen LogP contribution in [0.25, 0.3) is 0 Å². The Morgan fingerprint density at radius 1 is 1.53 bits per heavy atom. The molecule has 0 heterocycles. The maximum Gasteiger partial charge on any atom is 0.303 e. The summed E-state index contributed by atoms with van der Waals surface area (Å²) in [6, 6.07) is 6.20. The maximum atomic E-state index is 13.1. The standard InChI is InChI=1S/C13H15FO3/c14-11-3-1-2-9(6-11)13(8-15)7-10(13)4-5-12(16)17/h1-3,6,10,15H,4-5,7-8H2,(H,16,17)/t10-,13-/m1/s1. The van der Waals surface area contributed by atoms with E-state index in [1.54, 1.807) is 12.1 Å². The Morgan fingerprint density at radius 2 is 2.29 bits per heavy atom. The molecule has 1 aliphatic carbocycles. The zero-order valence-corrected chi connectivity index (χ0v) is 9.40. The highest BCUT2D eigenvalue weighted by Gasteiger charge is 2.54. The first-order valence-electron chi connectivity index (χ1n) is 5.67. The van der Waals surface area contributed by atoms with Crippen LogP contribution in [0, 0.1) is 11.7 Å². The molecule has 1 fully saturated rings. The van der Waals surface area contributed by atoms with E-state index in [1.165, 1.54) is 12.1 Å². The number of carbonyl (C=O) groups is 1. The molecular formula is C13H15FO3. The number of aliphatic carboxylic acids is 1. The van der Waals surface area contributed by atoms with Crippen LogP contribution in [0.15, 0.2) is 24.3 Å². The Bertz CT molecular complexity index is 432. The highest BCUT2D eigenvalue weighted by molar-refractivity contribution is 5.66. The van der Waals surface area contributed by atoms with Crippen LogP contribution in [0.1, 0.15) is 24.8 Å². The fourth-order valence-corrected chi connectivity index (χ4v) is 2.49. The average Bonchev–Trinajstić information content (AvgIpc) is 3.01. The maximum absolute atomic E-state index is 13.1. The average molecular weight is 238 g/mol. The highest BCUT2D eigenvalue weighted by Crippen LogP contribution is 2.56. The van der Waals surface area contributed by atoms with Gasteiger partial charge in [-0.05, 0) is 36.5 Å². The predicted molar refractivity (Wildman–Crippen MR) is 60.1 cm³/mol. The molecule has 17 heavy (non-hydrogen) atoms. The quantitative estimate of drug-likeness (QED) is 0.824. The minimum Gasteiger partial charge on any atom is -0.481 e. The van der Waals surface area contributed by atoms with Crippen molar-refractivity contribution in [3.63, 3.8) is 0 Å². The molecule has 2 atom stereocenters. The summed E-state index contributed by atoms with van der Waals surface area (Å²) in [7, 11) is 0. The lowest BCUT2D eigenvalue weighted by molar-refractivity contribution is -0.137. The van der Waals surface area contributed by atoms with Gasteiger partial charge in [-0.2, -0.15) is 0 Å². The second kappa shape index (κ2) is 4.45. The van der Waals surface area contributed by atoms with E-state index in [-0.39, 0.29) is 24.8 Å². The number of rotatable bonds is 5. The van der Waals surface area contributed by atoms with E-state index in [4.69, 9.17) is 5.11 Å². The number of carboxylic acid groups (broad SMARTS) is 1. The van der Waals surface area contributed by atoms with Crippen molar-refractivity contribution in [2.75, 3.05) is 6.61 Å². The van der Waals surface area contributed by atoms with E-state index in [0.717, 1.165) is 12.0 Å². The van der Waals surface area contributed by atoms with Crippen molar-refractivity contribution < 1.29 is 19.4 Å². The molecule has 0 aliphatic heterocycles. The monoisotopic (exact) mass is 238 g/mol. The fourth-order valence-electron chi connectivity index (χ4n) is 2.49. The summed E-state index contributed by atoms with van der Waals surface area (Å²) in [4.78, 5) is 10.5. The Morgan fingerprint density at radius 3 is 2.88 bits per heavy atom. The third kappa shape index (κ3) is 2.31. The molecule has 0 unspecified atom stereocenters.